The number of aromatic nitrogens is 4. The molecule has 0 aliphatic rings. The molecule has 0 bridgehead atoms. The van der Waals surface area contributed by atoms with Gasteiger partial charge in [-0.2, -0.15) is 5.10 Å². The maximum atomic E-state index is 12.4. The Labute approximate surface area is 161 Å². The highest BCUT2D eigenvalue weighted by Crippen LogP contribution is 2.19. The number of carbonyl (C=O) groups excluding carboxylic acids is 1. The lowest BCUT2D eigenvalue weighted by atomic mass is 10.1. The molecule has 0 unspecified atom stereocenters. The van der Waals surface area contributed by atoms with Gasteiger partial charge in [-0.15, -0.1) is 0 Å². The van der Waals surface area contributed by atoms with Gasteiger partial charge in [-0.3, -0.25) is 14.9 Å². The Kier molecular flexibility index (Phi) is 5.16. The molecule has 144 valence electrons. The monoisotopic (exact) mass is 380 g/mol. The summed E-state index contributed by atoms with van der Waals surface area (Å²) < 4.78 is 1.64. The summed E-state index contributed by atoms with van der Waals surface area (Å²) in [7, 11) is 0. The minimum absolute atomic E-state index is 0.0283. The normalized spacial score (nSPS) is 10.7. The maximum absolute atomic E-state index is 12.4. The van der Waals surface area contributed by atoms with Gasteiger partial charge in [0.15, 0.2) is 0 Å². The number of hydrogen-bond donors (Lipinski definition) is 1. The molecule has 3 aromatic rings. The second kappa shape index (κ2) is 7.55. The van der Waals surface area contributed by atoms with Gasteiger partial charge < -0.3 is 5.32 Å². The Bertz CT molecular complexity index is 1040. The van der Waals surface area contributed by atoms with Crippen molar-refractivity contribution in [2.75, 3.05) is 5.32 Å². The van der Waals surface area contributed by atoms with Crippen LogP contribution in [0.15, 0.2) is 30.3 Å². The van der Waals surface area contributed by atoms with Crippen LogP contribution < -0.4 is 5.32 Å². The number of benzene rings is 1. The van der Waals surface area contributed by atoms with E-state index in [2.05, 4.69) is 20.4 Å². The number of nitrogens with one attached hydrogen (secondary N) is 1. The average Bonchev–Trinajstić information content (AvgIpc) is 2.89. The van der Waals surface area contributed by atoms with E-state index in [1.54, 1.807) is 4.68 Å². The molecule has 0 radical (unpaired) electrons. The lowest BCUT2D eigenvalue weighted by molar-refractivity contribution is -0.384. The predicted molar refractivity (Wildman–Crippen MR) is 104 cm³/mol. The highest BCUT2D eigenvalue weighted by molar-refractivity contribution is 5.92. The second-order valence-electron chi connectivity index (χ2n) is 6.54. The van der Waals surface area contributed by atoms with E-state index in [4.69, 9.17) is 0 Å². The van der Waals surface area contributed by atoms with Crippen molar-refractivity contribution in [2.24, 2.45) is 0 Å². The number of non-ortho nitro benzene ring substituents is 1. The van der Waals surface area contributed by atoms with E-state index < -0.39 is 4.92 Å². The van der Waals surface area contributed by atoms with E-state index in [9.17, 15) is 14.9 Å². The predicted octanol–water partition coefficient (Wildman–Crippen LogP) is 2.99. The first-order valence-corrected chi connectivity index (χ1v) is 8.66. The molecule has 0 aliphatic carbocycles. The molecular weight excluding hydrogens is 360 g/mol. The molecule has 0 spiro atoms. The number of nitrogens with zero attached hydrogens (tertiary/aromatic N) is 5. The summed E-state index contributed by atoms with van der Waals surface area (Å²) >= 11 is 0. The van der Waals surface area contributed by atoms with Crippen molar-refractivity contribution >= 4 is 17.3 Å². The van der Waals surface area contributed by atoms with Crippen molar-refractivity contribution in [3.05, 3.63) is 68.8 Å². The van der Waals surface area contributed by atoms with Gasteiger partial charge in [0.1, 0.15) is 0 Å². The molecule has 0 aliphatic heterocycles. The summed E-state index contributed by atoms with van der Waals surface area (Å²) in [6.45, 7) is 7.49. The maximum Gasteiger partial charge on any atom is 0.269 e. The lowest BCUT2D eigenvalue weighted by Gasteiger charge is -2.07. The smallest absolute Gasteiger partial charge is 0.269 e. The van der Waals surface area contributed by atoms with Gasteiger partial charge in [0.25, 0.3) is 11.6 Å². The fourth-order valence-electron chi connectivity index (χ4n) is 2.96. The van der Waals surface area contributed by atoms with E-state index in [-0.39, 0.29) is 18.0 Å². The summed E-state index contributed by atoms with van der Waals surface area (Å²) in [5, 5.41) is 17.9. The van der Waals surface area contributed by atoms with Crippen LogP contribution in [0, 0.1) is 37.8 Å². The van der Waals surface area contributed by atoms with Gasteiger partial charge in [-0.25, -0.2) is 14.6 Å². The zero-order valence-electron chi connectivity index (χ0n) is 16.1. The molecule has 1 amide bonds. The summed E-state index contributed by atoms with van der Waals surface area (Å²) in [6.07, 6.45) is 0.124. The number of aryl methyl sites for hydroxylation is 3. The Hall–Kier alpha value is -3.62. The van der Waals surface area contributed by atoms with Crippen LogP contribution in [-0.2, 0) is 11.2 Å². The van der Waals surface area contributed by atoms with Crippen molar-refractivity contribution in [3.8, 4) is 5.95 Å². The zero-order valence-corrected chi connectivity index (χ0v) is 16.1. The third-order valence-electron chi connectivity index (χ3n) is 4.30. The Morgan fingerprint density at radius 1 is 1.11 bits per heavy atom. The Morgan fingerprint density at radius 3 is 2.29 bits per heavy atom. The number of amides is 1. The van der Waals surface area contributed by atoms with Gasteiger partial charge in [-0.05, 0) is 45.9 Å². The summed E-state index contributed by atoms with van der Waals surface area (Å²) in [6, 6.07) is 7.59. The second-order valence-corrected chi connectivity index (χ2v) is 6.54. The van der Waals surface area contributed by atoms with Crippen molar-refractivity contribution < 1.29 is 9.72 Å². The van der Waals surface area contributed by atoms with Crippen molar-refractivity contribution in [1.29, 1.82) is 0 Å². The lowest BCUT2D eigenvalue weighted by Crippen LogP contribution is -2.15. The van der Waals surface area contributed by atoms with Crippen LogP contribution in [0.5, 0.6) is 0 Å². The first kappa shape index (κ1) is 19.2. The third kappa shape index (κ3) is 4.03. The Balaban J connectivity index is 1.79. The summed E-state index contributed by atoms with van der Waals surface area (Å²) in [5.41, 5.74) is 4.46. The fraction of sp³-hybridized carbons (Fsp3) is 0.263. The van der Waals surface area contributed by atoms with Gasteiger partial charge >= 0.3 is 0 Å². The van der Waals surface area contributed by atoms with Crippen molar-refractivity contribution in [2.45, 2.75) is 34.1 Å². The van der Waals surface area contributed by atoms with E-state index in [1.165, 1.54) is 24.3 Å². The number of anilines is 1. The Morgan fingerprint density at radius 2 is 1.71 bits per heavy atom. The minimum Gasteiger partial charge on any atom is -0.326 e. The molecule has 3 rings (SSSR count). The number of nitro benzene ring substituents is 1. The number of carbonyl (C=O) groups is 1. The molecule has 9 heteroatoms. The van der Waals surface area contributed by atoms with Gasteiger partial charge in [0, 0.05) is 40.5 Å². The molecule has 0 saturated carbocycles. The molecule has 2 heterocycles. The van der Waals surface area contributed by atoms with E-state index in [0.29, 0.717) is 11.6 Å². The highest BCUT2D eigenvalue weighted by atomic mass is 16.6. The standard InChI is InChI=1S/C19H20N6O3/c1-11-9-12(2)21-19(20-11)24-14(4)17(13(3)23-24)10-18(26)22-15-5-7-16(8-6-15)25(27)28/h5-9H,10H2,1-4H3,(H,22,26). The molecule has 0 saturated heterocycles. The topological polar surface area (TPSA) is 116 Å². The molecular formula is C19H20N6O3. The largest absolute Gasteiger partial charge is 0.326 e. The van der Waals surface area contributed by atoms with Crippen LogP contribution in [-0.4, -0.2) is 30.6 Å². The third-order valence-corrected chi connectivity index (χ3v) is 4.30. The van der Waals surface area contributed by atoms with E-state index >= 15 is 0 Å². The van der Waals surface area contributed by atoms with Gasteiger partial charge in [-0.1, -0.05) is 0 Å². The van der Waals surface area contributed by atoms with Gasteiger partial charge in [0.2, 0.25) is 5.91 Å². The molecule has 0 atom stereocenters. The zero-order chi connectivity index (χ0) is 20.4. The fourth-order valence-corrected chi connectivity index (χ4v) is 2.96. The van der Waals surface area contributed by atoms with Crippen LogP contribution in [0.1, 0.15) is 28.3 Å². The average molecular weight is 380 g/mol. The molecule has 9 nitrogen and oxygen atoms in total. The summed E-state index contributed by atoms with van der Waals surface area (Å²) in [5.74, 6) is 0.237. The van der Waals surface area contributed by atoms with Crippen molar-refractivity contribution in [3.63, 3.8) is 0 Å². The molecule has 2 aromatic heterocycles. The first-order chi connectivity index (χ1) is 13.2. The quantitative estimate of drug-likeness (QED) is 0.537. The van der Waals surface area contributed by atoms with Gasteiger partial charge in [0.05, 0.1) is 17.0 Å². The van der Waals surface area contributed by atoms with Crippen LogP contribution in [0.4, 0.5) is 11.4 Å². The SMILES string of the molecule is Cc1cc(C)nc(-n2nc(C)c(CC(=O)Nc3ccc([N+](=O)[O-])cc3)c2C)n1. The number of rotatable bonds is 5. The minimum atomic E-state index is -0.484. The summed E-state index contributed by atoms with van der Waals surface area (Å²) in [4.78, 5) is 31.5. The van der Waals surface area contributed by atoms with E-state index in [0.717, 1.165) is 28.3 Å². The molecule has 1 aromatic carbocycles. The van der Waals surface area contributed by atoms with Crippen LogP contribution in [0.3, 0.4) is 0 Å². The number of hydrogen-bond acceptors (Lipinski definition) is 6. The molecule has 28 heavy (non-hydrogen) atoms. The van der Waals surface area contributed by atoms with Crippen molar-refractivity contribution in [1.82, 2.24) is 19.7 Å². The highest BCUT2D eigenvalue weighted by Gasteiger charge is 2.18. The van der Waals surface area contributed by atoms with Crippen LogP contribution in [0.2, 0.25) is 0 Å². The first-order valence-electron chi connectivity index (χ1n) is 8.66. The van der Waals surface area contributed by atoms with E-state index in [1.807, 2.05) is 33.8 Å². The molecule has 1 N–H and O–H groups in total. The number of nitro groups is 1. The van der Waals surface area contributed by atoms with Crippen LogP contribution >= 0.6 is 0 Å². The van der Waals surface area contributed by atoms with Crippen LogP contribution in [0.25, 0.3) is 5.95 Å². The molecule has 0 fully saturated rings.